The normalized spacial score (nSPS) is 12.4. The second-order valence-corrected chi connectivity index (χ2v) is 6.39. The number of carbonyl (C=O) groups excluding carboxylic acids is 2. The van der Waals surface area contributed by atoms with E-state index in [9.17, 15) is 14.4 Å². The van der Waals surface area contributed by atoms with Crippen LogP contribution in [0.15, 0.2) is 16.7 Å². The van der Waals surface area contributed by atoms with Gasteiger partial charge in [-0.1, -0.05) is 0 Å². The average molecular weight is 376 g/mol. The van der Waals surface area contributed by atoms with E-state index in [0.717, 1.165) is 4.68 Å². The third kappa shape index (κ3) is 5.06. The molecular weight excluding hydrogens is 358 g/mol. The van der Waals surface area contributed by atoms with Gasteiger partial charge in [0.15, 0.2) is 5.69 Å². The molecule has 0 aromatic carbocycles. The fraction of sp³-hybridized carbons (Fsp3) is 0.462. The molecule has 122 valence electrons. The summed E-state index contributed by atoms with van der Waals surface area (Å²) in [6, 6.07) is 0.577. The standard InChI is InChI=1S/C13H18BrN3O5/c1-7(15-12(21)22-13(2,3)4)10(18)16-17-6-5-8(14)9(17)11(19)20/h5-7H,1-4H3,(H,15,21)(H,16,18)(H,19,20)/t7-/m0/s1. The summed E-state index contributed by atoms with van der Waals surface area (Å²) in [7, 11) is 0. The summed E-state index contributed by atoms with van der Waals surface area (Å²) < 4.78 is 6.42. The van der Waals surface area contributed by atoms with E-state index < -0.39 is 29.6 Å². The van der Waals surface area contributed by atoms with Crippen molar-refractivity contribution in [3.8, 4) is 0 Å². The van der Waals surface area contributed by atoms with Crippen LogP contribution in [-0.4, -0.2) is 39.4 Å². The van der Waals surface area contributed by atoms with Crippen LogP contribution < -0.4 is 10.7 Å². The topological polar surface area (TPSA) is 110 Å². The number of nitrogens with one attached hydrogen (secondary N) is 2. The maximum absolute atomic E-state index is 12.0. The fourth-order valence-electron chi connectivity index (χ4n) is 1.47. The van der Waals surface area contributed by atoms with Gasteiger partial charge >= 0.3 is 12.1 Å². The molecule has 9 heteroatoms. The smallest absolute Gasteiger partial charge is 0.408 e. The Morgan fingerprint density at radius 3 is 2.45 bits per heavy atom. The number of carbonyl (C=O) groups is 3. The van der Waals surface area contributed by atoms with Gasteiger partial charge in [0.05, 0.1) is 4.47 Å². The van der Waals surface area contributed by atoms with Crippen molar-refractivity contribution in [2.24, 2.45) is 0 Å². The molecule has 0 bridgehead atoms. The molecule has 0 aliphatic rings. The van der Waals surface area contributed by atoms with Crippen molar-refractivity contribution < 1.29 is 24.2 Å². The number of alkyl carbamates (subject to hydrolysis) is 1. The number of carboxylic acids is 1. The number of nitrogens with zero attached hydrogens (tertiary/aromatic N) is 1. The number of ether oxygens (including phenoxy) is 1. The Kier molecular flexibility index (Phi) is 5.59. The minimum Gasteiger partial charge on any atom is -0.476 e. The highest BCUT2D eigenvalue weighted by atomic mass is 79.9. The van der Waals surface area contributed by atoms with Crippen LogP contribution in [0.2, 0.25) is 0 Å². The van der Waals surface area contributed by atoms with E-state index in [1.54, 1.807) is 20.8 Å². The van der Waals surface area contributed by atoms with Crippen LogP contribution in [0.1, 0.15) is 38.2 Å². The lowest BCUT2D eigenvalue weighted by Gasteiger charge is -2.21. The average Bonchev–Trinajstić information content (AvgIpc) is 2.67. The molecule has 1 heterocycles. The number of aromatic carboxylic acids is 1. The zero-order valence-corrected chi connectivity index (χ0v) is 14.2. The first-order chi connectivity index (χ1) is 10.0. The fourth-order valence-corrected chi connectivity index (χ4v) is 1.95. The zero-order valence-electron chi connectivity index (χ0n) is 12.6. The lowest BCUT2D eigenvalue weighted by molar-refractivity contribution is -0.118. The van der Waals surface area contributed by atoms with Crippen LogP contribution in [0.3, 0.4) is 0 Å². The molecular formula is C13H18BrN3O5. The van der Waals surface area contributed by atoms with Crippen molar-refractivity contribution in [3.05, 3.63) is 22.4 Å². The molecule has 0 spiro atoms. The summed E-state index contributed by atoms with van der Waals surface area (Å²) >= 11 is 3.08. The van der Waals surface area contributed by atoms with Crippen molar-refractivity contribution in [1.82, 2.24) is 9.99 Å². The van der Waals surface area contributed by atoms with Crippen LogP contribution in [0, 0.1) is 0 Å². The minimum atomic E-state index is -1.20. The van der Waals surface area contributed by atoms with E-state index >= 15 is 0 Å². The number of carboxylic acid groups (broad SMARTS) is 1. The van der Waals surface area contributed by atoms with Gasteiger partial charge in [0.2, 0.25) is 0 Å². The Hall–Kier alpha value is -2.03. The highest BCUT2D eigenvalue weighted by molar-refractivity contribution is 9.10. The first-order valence-electron chi connectivity index (χ1n) is 6.42. The Morgan fingerprint density at radius 2 is 1.95 bits per heavy atom. The van der Waals surface area contributed by atoms with Gasteiger partial charge < -0.3 is 15.2 Å². The summed E-state index contributed by atoms with van der Waals surface area (Å²) in [6.07, 6.45) is 0.647. The molecule has 0 saturated carbocycles. The first kappa shape index (κ1) is 18.0. The minimum absolute atomic E-state index is 0.127. The molecule has 1 rings (SSSR count). The molecule has 0 aliphatic carbocycles. The second kappa shape index (κ2) is 6.82. The molecule has 1 aromatic heterocycles. The molecule has 1 atom stereocenters. The van der Waals surface area contributed by atoms with Crippen molar-refractivity contribution in [2.45, 2.75) is 39.3 Å². The zero-order chi connectivity index (χ0) is 17.1. The van der Waals surface area contributed by atoms with E-state index in [2.05, 4.69) is 26.7 Å². The summed E-state index contributed by atoms with van der Waals surface area (Å²) in [5.74, 6) is -1.79. The Morgan fingerprint density at radius 1 is 1.36 bits per heavy atom. The second-order valence-electron chi connectivity index (χ2n) is 5.53. The maximum Gasteiger partial charge on any atom is 0.408 e. The third-order valence-electron chi connectivity index (χ3n) is 2.40. The van der Waals surface area contributed by atoms with Crippen LogP contribution in [0.25, 0.3) is 0 Å². The van der Waals surface area contributed by atoms with Crippen molar-refractivity contribution in [3.63, 3.8) is 0 Å². The highest BCUT2D eigenvalue weighted by Crippen LogP contribution is 2.17. The number of amides is 2. The van der Waals surface area contributed by atoms with Gasteiger partial charge in [-0.05, 0) is 49.7 Å². The van der Waals surface area contributed by atoms with E-state index in [1.165, 1.54) is 19.2 Å². The Balaban J connectivity index is 2.69. The van der Waals surface area contributed by atoms with E-state index in [1.807, 2.05) is 0 Å². The molecule has 0 aliphatic heterocycles. The van der Waals surface area contributed by atoms with Gasteiger partial charge in [-0.3, -0.25) is 14.9 Å². The third-order valence-corrected chi connectivity index (χ3v) is 3.04. The van der Waals surface area contributed by atoms with Crippen molar-refractivity contribution in [2.75, 3.05) is 5.43 Å². The van der Waals surface area contributed by atoms with Gasteiger partial charge in [0.25, 0.3) is 5.91 Å². The van der Waals surface area contributed by atoms with Crippen LogP contribution >= 0.6 is 15.9 Å². The summed E-state index contributed by atoms with van der Waals surface area (Å²) in [5.41, 5.74) is 1.57. The molecule has 0 unspecified atom stereocenters. The van der Waals surface area contributed by atoms with Crippen LogP contribution in [-0.2, 0) is 9.53 Å². The lowest BCUT2D eigenvalue weighted by atomic mass is 10.2. The van der Waals surface area contributed by atoms with Crippen LogP contribution in [0.5, 0.6) is 0 Å². The summed E-state index contributed by atoms with van der Waals surface area (Å²) in [5, 5.41) is 11.4. The summed E-state index contributed by atoms with van der Waals surface area (Å²) in [6.45, 7) is 6.56. The quantitative estimate of drug-likeness (QED) is 0.744. The van der Waals surface area contributed by atoms with Crippen LogP contribution in [0.4, 0.5) is 4.79 Å². The van der Waals surface area contributed by atoms with Gasteiger partial charge in [0.1, 0.15) is 11.6 Å². The number of aromatic nitrogens is 1. The van der Waals surface area contributed by atoms with Crippen molar-refractivity contribution >= 4 is 33.9 Å². The van der Waals surface area contributed by atoms with Gasteiger partial charge in [-0.2, -0.15) is 0 Å². The molecule has 0 saturated heterocycles. The van der Waals surface area contributed by atoms with Gasteiger partial charge in [-0.15, -0.1) is 0 Å². The predicted molar refractivity (Wildman–Crippen MR) is 82.3 cm³/mol. The van der Waals surface area contributed by atoms with E-state index in [0.29, 0.717) is 4.47 Å². The SMILES string of the molecule is C[C@H](NC(=O)OC(C)(C)C)C(=O)Nn1ccc(Br)c1C(=O)O. The Bertz CT molecular complexity index is 591. The van der Waals surface area contributed by atoms with E-state index in [4.69, 9.17) is 9.84 Å². The molecule has 3 N–H and O–H groups in total. The first-order valence-corrected chi connectivity index (χ1v) is 7.21. The summed E-state index contributed by atoms with van der Waals surface area (Å²) in [4.78, 5) is 34.7. The molecule has 0 radical (unpaired) electrons. The number of hydrogen-bond acceptors (Lipinski definition) is 4. The van der Waals surface area contributed by atoms with Crippen molar-refractivity contribution in [1.29, 1.82) is 0 Å². The van der Waals surface area contributed by atoms with E-state index in [-0.39, 0.29) is 5.69 Å². The maximum atomic E-state index is 12.0. The largest absolute Gasteiger partial charge is 0.476 e. The number of rotatable bonds is 4. The number of halogens is 1. The lowest BCUT2D eigenvalue weighted by Crippen LogP contribution is -2.45. The Labute approximate surface area is 135 Å². The monoisotopic (exact) mass is 375 g/mol. The molecule has 2 amide bonds. The highest BCUT2D eigenvalue weighted by Gasteiger charge is 2.22. The molecule has 8 nitrogen and oxygen atoms in total. The van der Waals surface area contributed by atoms with Gasteiger partial charge in [-0.25, -0.2) is 9.59 Å². The molecule has 22 heavy (non-hydrogen) atoms. The number of hydrogen-bond donors (Lipinski definition) is 3. The molecule has 0 fully saturated rings. The van der Waals surface area contributed by atoms with Gasteiger partial charge in [0, 0.05) is 6.20 Å². The molecule has 1 aromatic rings. The predicted octanol–water partition coefficient (Wildman–Crippen LogP) is 1.93.